The molecular formula is C14H20BrNO3. The van der Waals surface area contributed by atoms with Crippen molar-refractivity contribution in [3.05, 3.63) is 28.2 Å². The topological polar surface area (TPSA) is 47.6 Å². The van der Waals surface area contributed by atoms with Gasteiger partial charge in [-0.15, -0.1) is 0 Å². The third-order valence-electron chi connectivity index (χ3n) is 2.40. The summed E-state index contributed by atoms with van der Waals surface area (Å²) >= 11 is 3.35. The second kappa shape index (κ2) is 8.17. The van der Waals surface area contributed by atoms with Gasteiger partial charge < -0.3 is 14.8 Å². The summed E-state index contributed by atoms with van der Waals surface area (Å²) in [6.45, 7) is 5.90. The number of amides is 1. The van der Waals surface area contributed by atoms with Crippen LogP contribution in [0.5, 0.6) is 5.75 Å². The second-order valence-corrected chi connectivity index (χ2v) is 5.42. The van der Waals surface area contributed by atoms with Gasteiger partial charge in [-0.3, -0.25) is 4.79 Å². The van der Waals surface area contributed by atoms with E-state index >= 15 is 0 Å². The Morgan fingerprint density at radius 2 is 2.16 bits per heavy atom. The number of ether oxygens (including phenoxy) is 2. The van der Waals surface area contributed by atoms with E-state index < -0.39 is 0 Å². The molecule has 0 atom stereocenters. The Balaban J connectivity index is 2.45. The van der Waals surface area contributed by atoms with Gasteiger partial charge in [0.1, 0.15) is 5.75 Å². The molecule has 0 aromatic heterocycles. The summed E-state index contributed by atoms with van der Waals surface area (Å²) in [4.78, 5) is 12.0. The summed E-state index contributed by atoms with van der Waals surface area (Å²) < 4.78 is 11.3. The summed E-state index contributed by atoms with van der Waals surface area (Å²) in [5.74, 6) is 1.02. The number of hydrogen-bond acceptors (Lipinski definition) is 3. The molecule has 4 nitrogen and oxygen atoms in total. The van der Waals surface area contributed by atoms with Crippen LogP contribution in [0.2, 0.25) is 0 Å². The lowest BCUT2D eigenvalue weighted by molar-refractivity contribution is 0.0885. The minimum atomic E-state index is -0.140. The normalized spacial score (nSPS) is 10.6. The zero-order chi connectivity index (χ0) is 14.3. The summed E-state index contributed by atoms with van der Waals surface area (Å²) in [5, 5.41) is 2.82. The first-order chi connectivity index (χ1) is 9.04. The van der Waals surface area contributed by atoms with E-state index in [0.29, 0.717) is 37.0 Å². The minimum Gasteiger partial charge on any atom is -0.497 e. The van der Waals surface area contributed by atoms with Gasteiger partial charge in [-0.2, -0.15) is 0 Å². The van der Waals surface area contributed by atoms with Crippen LogP contribution in [0, 0.1) is 5.92 Å². The predicted molar refractivity (Wildman–Crippen MR) is 78.7 cm³/mol. The van der Waals surface area contributed by atoms with Crippen molar-refractivity contribution in [2.45, 2.75) is 13.8 Å². The van der Waals surface area contributed by atoms with Crippen LogP contribution in [-0.4, -0.2) is 32.8 Å². The average molecular weight is 330 g/mol. The van der Waals surface area contributed by atoms with Crippen molar-refractivity contribution in [1.82, 2.24) is 5.32 Å². The molecule has 1 amide bonds. The van der Waals surface area contributed by atoms with Gasteiger partial charge in [0.05, 0.1) is 19.3 Å². The molecule has 1 rings (SSSR count). The van der Waals surface area contributed by atoms with Gasteiger partial charge in [-0.25, -0.2) is 0 Å². The fraction of sp³-hybridized carbons (Fsp3) is 0.500. The molecule has 0 aliphatic carbocycles. The van der Waals surface area contributed by atoms with E-state index in [1.165, 1.54) is 0 Å². The van der Waals surface area contributed by atoms with Crippen molar-refractivity contribution >= 4 is 21.8 Å². The first-order valence-corrected chi connectivity index (χ1v) is 7.03. The van der Waals surface area contributed by atoms with Crippen molar-refractivity contribution in [2.75, 3.05) is 26.9 Å². The first-order valence-electron chi connectivity index (χ1n) is 6.24. The number of rotatable bonds is 7. The van der Waals surface area contributed by atoms with Gasteiger partial charge in [-0.05, 0) is 40.0 Å². The first kappa shape index (κ1) is 16.0. The molecule has 0 heterocycles. The lowest BCUT2D eigenvalue weighted by atomic mass is 10.2. The Bertz CT molecular complexity index is 421. The molecule has 0 bridgehead atoms. The Hall–Kier alpha value is -1.07. The van der Waals surface area contributed by atoms with E-state index in [-0.39, 0.29) is 5.91 Å². The van der Waals surface area contributed by atoms with Crippen molar-refractivity contribution in [1.29, 1.82) is 0 Å². The van der Waals surface area contributed by atoms with Crippen LogP contribution in [-0.2, 0) is 4.74 Å². The van der Waals surface area contributed by atoms with E-state index in [1.54, 1.807) is 25.3 Å². The van der Waals surface area contributed by atoms with Crippen LogP contribution in [0.3, 0.4) is 0 Å². The second-order valence-electron chi connectivity index (χ2n) is 4.57. The number of halogens is 1. The Morgan fingerprint density at radius 3 is 2.79 bits per heavy atom. The lowest BCUT2D eigenvalue weighted by Gasteiger charge is -2.10. The Morgan fingerprint density at radius 1 is 1.42 bits per heavy atom. The van der Waals surface area contributed by atoms with Crippen LogP contribution in [0.15, 0.2) is 22.7 Å². The maximum absolute atomic E-state index is 12.0. The highest BCUT2D eigenvalue weighted by Gasteiger charge is 2.10. The van der Waals surface area contributed by atoms with Gasteiger partial charge >= 0.3 is 0 Å². The molecule has 0 radical (unpaired) electrons. The fourth-order valence-corrected chi connectivity index (χ4v) is 1.88. The number of carbonyl (C=O) groups is 1. The van der Waals surface area contributed by atoms with Crippen molar-refractivity contribution < 1.29 is 14.3 Å². The van der Waals surface area contributed by atoms with E-state index in [0.717, 1.165) is 4.47 Å². The van der Waals surface area contributed by atoms with Crippen LogP contribution in [0.1, 0.15) is 24.2 Å². The van der Waals surface area contributed by atoms with Gasteiger partial charge in [0.25, 0.3) is 5.91 Å². The Labute approximate surface area is 122 Å². The predicted octanol–water partition coefficient (Wildman–Crippen LogP) is 2.86. The number of hydrogen-bond donors (Lipinski definition) is 1. The maximum atomic E-state index is 12.0. The molecule has 106 valence electrons. The molecule has 0 spiro atoms. The summed E-state index contributed by atoms with van der Waals surface area (Å²) in [5.41, 5.74) is 0.559. The molecule has 0 aliphatic rings. The molecule has 0 saturated carbocycles. The zero-order valence-corrected chi connectivity index (χ0v) is 13.1. The minimum absolute atomic E-state index is 0.140. The zero-order valence-electron chi connectivity index (χ0n) is 11.5. The fourth-order valence-electron chi connectivity index (χ4n) is 1.46. The van der Waals surface area contributed by atoms with Gasteiger partial charge in [0.2, 0.25) is 0 Å². The average Bonchev–Trinajstić information content (AvgIpc) is 2.38. The monoisotopic (exact) mass is 329 g/mol. The molecule has 1 N–H and O–H groups in total. The molecule has 0 unspecified atom stereocenters. The number of methoxy groups -OCH3 is 1. The van der Waals surface area contributed by atoms with Crippen LogP contribution >= 0.6 is 15.9 Å². The molecule has 0 fully saturated rings. The lowest BCUT2D eigenvalue weighted by Crippen LogP contribution is -2.28. The summed E-state index contributed by atoms with van der Waals surface area (Å²) in [6.07, 6.45) is 0. The highest BCUT2D eigenvalue weighted by molar-refractivity contribution is 9.10. The smallest absolute Gasteiger partial charge is 0.252 e. The van der Waals surface area contributed by atoms with Crippen LogP contribution in [0.25, 0.3) is 0 Å². The van der Waals surface area contributed by atoms with Gasteiger partial charge in [0, 0.05) is 17.6 Å². The van der Waals surface area contributed by atoms with E-state index in [9.17, 15) is 4.79 Å². The summed E-state index contributed by atoms with van der Waals surface area (Å²) in [7, 11) is 1.57. The molecule has 19 heavy (non-hydrogen) atoms. The maximum Gasteiger partial charge on any atom is 0.252 e. The van der Waals surface area contributed by atoms with E-state index in [1.807, 2.05) is 0 Å². The van der Waals surface area contributed by atoms with Crippen LogP contribution in [0.4, 0.5) is 0 Å². The summed E-state index contributed by atoms with van der Waals surface area (Å²) in [6, 6.07) is 5.30. The van der Waals surface area contributed by atoms with Crippen LogP contribution < -0.4 is 10.1 Å². The number of benzene rings is 1. The van der Waals surface area contributed by atoms with E-state index in [2.05, 4.69) is 35.1 Å². The Kier molecular flexibility index (Phi) is 6.87. The quantitative estimate of drug-likeness (QED) is 0.782. The van der Waals surface area contributed by atoms with Crippen molar-refractivity contribution in [3.8, 4) is 5.75 Å². The molecule has 0 aliphatic heterocycles. The molecule has 1 aromatic carbocycles. The van der Waals surface area contributed by atoms with Crippen molar-refractivity contribution in [3.63, 3.8) is 0 Å². The van der Waals surface area contributed by atoms with E-state index in [4.69, 9.17) is 9.47 Å². The molecule has 0 saturated heterocycles. The molecule has 1 aromatic rings. The van der Waals surface area contributed by atoms with Gasteiger partial charge in [-0.1, -0.05) is 13.8 Å². The third kappa shape index (κ3) is 5.61. The highest BCUT2D eigenvalue weighted by atomic mass is 79.9. The van der Waals surface area contributed by atoms with Gasteiger partial charge in [0.15, 0.2) is 0 Å². The number of carbonyl (C=O) groups excluding carboxylic acids is 1. The SMILES string of the molecule is COc1ccc(Br)c(C(=O)NCCOCC(C)C)c1. The molecular weight excluding hydrogens is 310 g/mol. The highest BCUT2D eigenvalue weighted by Crippen LogP contribution is 2.22. The largest absolute Gasteiger partial charge is 0.497 e. The molecule has 5 heteroatoms. The van der Waals surface area contributed by atoms with Crippen molar-refractivity contribution in [2.24, 2.45) is 5.92 Å². The number of nitrogens with one attached hydrogen (secondary N) is 1. The third-order valence-corrected chi connectivity index (χ3v) is 3.09. The standard InChI is InChI=1S/C14H20BrNO3/c1-10(2)9-19-7-6-16-14(17)12-8-11(18-3)4-5-13(12)15/h4-5,8,10H,6-7,9H2,1-3H3,(H,16,17).